The maximum Gasteiger partial charge on any atom is 0.117 e. The lowest BCUT2D eigenvalue weighted by atomic mass is 10.2. The molecular formula is C12H16ClNOS. The minimum absolute atomic E-state index is 0.233. The van der Waals surface area contributed by atoms with Crippen molar-refractivity contribution in [1.82, 2.24) is 5.32 Å². The summed E-state index contributed by atoms with van der Waals surface area (Å²) in [5.41, 5.74) is 0. The van der Waals surface area contributed by atoms with Gasteiger partial charge in [0.15, 0.2) is 0 Å². The molecule has 1 saturated heterocycles. The minimum atomic E-state index is 0.233. The van der Waals surface area contributed by atoms with Crippen molar-refractivity contribution in [3.63, 3.8) is 0 Å². The molecule has 1 heterocycles. The number of rotatable bonds is 2. The molecule has 0 aromatic heterocycles. The largest absolute Gasteiger partial charge is 0.508 e. The van der Waals surface area contributed by atoms with Gasteiger partial charge in [0.25, 0.3) is 0 Å². The zero-order chi connectivity index (χ0) is 11.4. The van der Waals surface area contributed by atoms with Crippen LogP contribution in [0.25, 0.3) is 0 Å². The van der Waals surface area contributed by atoms with E-state index in [0.29, 0.717) is 10.3 Å². The van der Waals surface area contributed by atoms with Crippen molar-refractivity contribution in [2.24, 2.45) is 0 Å². The molecule has 16 heavy (non-hydrogen) atoms. The Labute approximate surface area is 105 Å². The number of phenols is 1. The predicted octanol–water partition coefficient (Wildman–Crippen LogP) is 3.28. The number of phenolic OH excluding ortho intramolecular Hbond substituents is 1. The topological polar surface area (TPSA) is 32.3 Å². The lowest BCUT2D eigenvalue weighted by Gasteiger charge is -2.14. The van der Waals surface area contributed by atoms with Crippen LogP contribution in [0.2, 0.25) is 5.02 Å². The summed E-state index contributed by atoms with van der Waals surface area (Å²) in [6, 6.07) is 5.21. The van der Waals surface area contributed by atoms with Gasteiger partial charge in [-0.15, -0.1) is 11.8 Å². The van der Waals surface area contributed by atoms with Crippen LogP contribution in [0.1, 0.15) is 19.3 Å². The summed E-state index contributed by atoms with van der Waals surface area (Å²) in [5, 5.41) is 14.0. The van der Waals surface area contributed by atoms with E-state index >= 15 is 0 Å². The van der Waals surface area contributed by atoms with Gasteiger partial charge in [0.2, 0.25) is 0 Å². The van der Waals surface area contributed by atoms with E-state index in [4.69, 9.17) is 11.6 Å². The molecule has 0 bridgehead atoms. The smallest absolute Gasteiger partial charge is 0.117 e. The van der Waals surface area contributed by atoms with Crippen LogP contribution in [-0.4, -0.2) is 23.4 Å². The van der Waals surface area contributed by atoms with Gasteiger partial charge in [-0.2, -0.15) is 0 Å². The molecule has 0 saturated carbocycles. The van der Waals surface area contributed by atoms with Crippen molar-refractivity contribution in [3.05, 3.63) is 23.2 Å². The van der Waals surface area contributed by atoms with Crippen molar-refractivity contribution >= 4 is 23.4 Å². The Balaban J connectivity index is 2.01. The fourth-order valence-corrected chi connectivity index (χ4v) is 3.38. The maximum atomic E-state index is 9.28. The number of thioether (sulfide) groups is 1. The van der Waals surface area contributed by atoms with Crippen LogP contribution in [0.4, 0.5) is 0 Å². The zero-order valence-electron chi connectivity index (χ0n) is 9.08. The summed E-state index contributed by atoms with van der Waals surface area (Å²) in [6.07, 6.45) is 3.64. The molecule has 0 radical (unpaired) electrons. The third-order valence-corrected chi connectivity index (χ3v) is 4.57. The van der Waals surface area contributed by atoms with Crippen molar-refractivity contribution in [2.75, 3.05) is 13.1 Å². The van der Waals surface area contributed by atoms with Crippen molar-refractivity contribution in [3.8, 4) is 5.75 Å². The van der Waals surface area contributed by atoms with Gasteiger partial charge in [-0.3, -0.25) is 0 Å². The average molecular weight is 258 g/mol. The first kappa shape index (κ1) is 12.1. The molecule has 4 heteroatoms. The fraction of sp³-hybridized carbons (Fsp3) is 0.500. The van der Waals surface area contributed by atoms with Crippen LogP contribution in [0, 0.1) is 0 Å². The van der Waals surface area contributed by atoms with Gasteiger partial charge < -0.3 is 10.4 Å². The molecule has 0 unspecified atom stereocenters. The molecule has 2 N–H and O–H groups in total. The molecule has 0 amide bonds. The van der Waals surface area contributed by atoms with E-state index < -0.39 is 0 Å². The third kappa shape index (κ3) is 3.30. The summed E-state index contributed by atoms with van der Waals surface area (Å²) < 4.78 is 0. The van der Waals surface area contributed by atoms with Gasteiger partial charge in [-0.05, 0) is 50.6 Å². The molecule has 88 valence electrons. The van der Waals surface area contributed by atoms with Gasteiger partial charge in [0.05, 0.1) is 5.02 Å². The van der Waals surface area contributed by atoms with Gasteiger partial charge in [0.1, 0.15) is 5.75 Å². The summed E-state index contributed by atoms with van der Waals surface area (Å²) in [5.74, 6) is 0.233. The molecule has 0 aliphatic carbocycles. The van der Waals surface area contributed by atoms with Gasteiger partial charge >= 0.3 is 0 Å². The van der Waals surface area contributed by atoms with Crippen LogP contribution in [0.5, 0.6) is 5.75 Å². The Bertz CT molecular complexity index is 351. The second-order valence-corrected chi connectivity index (χ2v) is 5.78. The van der Waals surface area contributed by atoms with Crippen LogP contribution in [-0.2, 0) is 0 Å². The second-order valence-electron chi connectivity index (χ2n) is 4.04. The molecule has 1 fully saturated rings. The predicted molar refractivity (Wildman–Crippen MR) is 69.5 cm³/mol. The van der Waals surface area contributed by atoms with Crippen molar-refractivity contribution in [2.45, 2.75) is 29.4 Å². The lowest BCUT2D eigenvalue weighted by molar-refractivity contribution is 0.475. The van der Waals surface area contributed by atoms with E-state index in [1.54, 1.807) is 12.1 Å². The molecule has 1 aliphatic rings. The van der Waals surface area contributed by atoms with E-state index in [-0.39, 0.29) is 5.75 Å². The van der Waals surface area contributed by atoms with Crippen LogP contribution >= 0.6 is 23.4 Å². The Kier molecular flexibility index (Phi) is 4.38. The molecular weight excluding hydrogens is 242 g/mol. The second kappa shape index (κ2) is 5.80. The van der Waals surface area contributed by atoms with E-state index in [0.717, 1.165) is 18.0 Å². The van der Waals surface area contributed by atoms with E-state index in [1.165, 1.54) is 19.3 Å². The summed E-state index contributed by atoms with van der Waals surface area (Å²) in [6.45, 7) is 2.22. The first-order valence-corrected chi connectivity index (χ1v) is 6.87. The standard InChI is InChI=1S/C12H16ClNOS/c13-11-8-9(15)3-4-12(11)16-10-2-1-6-14-7-5-10/h3-4,8,10,14-15H,1-2,5-7H2/t10-/m0/s1. The van der Waals surface area contributed by atoms with Gasteiger partial charge in [-0.1, -0.05) is 11.6 Å². The number of hydrogen-bond donors (Lipinski definition) is 2. The quantitative estimate of drug-likeness (QED) is 0.853. The lowest BCUT2D eigenvalue weighted by Crippen LogP contribution is -2.14. The number of benzene rings is 1. The molecule has 1 aromatic rings. The normalized spacial score (nSPS) is 21.7. The Morgan fingerprint density at radius 1 is 1.31 bits per heavy atom. The van der Waals surface area contributed by atoms with E-state index in [9.17, 15) is 5.11 Å². The average Bonchev–Trinajstić information content (AvgIpc) is 2.51. The first-order chi connectivity index (χ1) is 7.75. The van der Waals surface area contributed by atoms with Crippen LogP contribution in [0.3, 0.4) is 0 Å². The number of hydrogen-bond acceptors (Lipinski definition) is 3. The van der Waals surface area contributed by atoms with Crippen molar-refractivity contribution < 1.29 is 5.11 Å². The van der Waals surface area contributed by atoms with Crippen molar-refractivity contribution in [1.29, 1.82) is 0 Å². The molecule has 1 atom stereocenters. The molecule has 1 aromatic carbocycles. The highest BCUT2D eigenvalue weighted by atomic mass is 35.5. The zero-order valence-corrected chi connectivity index (χ0v) is 10.7. The Hall–Kier alpha value is -0.380. The van der Waals surface area contributed by atoms with Crippen LogP contribution in [0.15, 0.2) is 23.1 Å². The molecule has 2 rings (SSSR count). The summed E-state index contributed by atoms with van der Waals surface area (Å²) in [4.78, 5) is 1.08. The van der Waals surface area contributed by atoms with E-state index in [2.05, 4.69) is 5.32 Å². The maximum absolute atomic E-state index is 9.28. The number of aromatic hydroxyl groups is 1. The highest BCUT2D eigenvalue weighted by Gasteiger charge is 2.14. The SMILES string of the molecule is Oc1ccc(S[C@H]2CCCNCC2)c(Cl)c1. The fourth-order valence-electron chi connectivity index (χ4n) is 1.87. The third-order valence-electron chi connectivity index (χ3n) is 2.73. The van der Waals surface area contributed by atoms with Gasteiger partial charge in [-0.25, -0.2) is 0 Å². The molecule has 2 nitrogen and oxygen atoms in total. The molecule has 1 aliphatic heterocycles. The Morgan fingerprint density at radius 2 is 2.19 bits per heavy atom. The van der Waals surface area contributed by atoms with E-state index in [1.807, 2.05) is 17.8 Å². The summed E-state index contributed by atoms with van der Waals surface area (Å²) >= 11 is 7.92. The molecule has 0 spiro atoms. The highest BCUT2D eigenvalue weighted by molar-refractivity contribution is 8.00. The van der Waals surface area contributed by atoms with Gasteiger partial charge in [0, 0.05) is 10.1 Å². The summed E-state index contributed by atoms with van der Waals surface area (Å²) in [7, 11) is 0. The highest BCUT2D eigenvalue weighted by Crippen LogP contribution is 2.35. The Morgan fingerprint density at radius 3 is 3.00 bits per heavy atom. The number of nitrogens with one attached hydrogen (secondary N) is 1. The minimum Gasteiger partial charge on any atom is -0.508 e. The first-order valence-electron chi connectivity index (χ1n) is 5.61. The number of halogens is 1. The van der Waals surface area contributed by atoms with Crippen LogP contribution < -0.4 is 5.32 Å². The monoisotopic (exact) mass is 257 g/mol.